The summed E-state index contributed by atoms with van der Waals surface area (Å²) in [6.07, 6.45) is -0.241. The lowest BCUT2D eigenvalue weighted by atomic mass is 9.78. The van der Waals surface area contributed by atoms with Crippen molar-refractivity contribution >= 4 is 24.6 Å². The quantitative estimate of drug-likeness (QED) is 0.557. The molecule has 38 heavy (non-hydrogen) atoms. The highest BCUT2D eigenvalue weighted by Crippen LogP contribution is 2.36. The van der Waals surface area contributed by atoms with E-state index >= 15 is 0 Å². The largest absolute Gasteiger partial charge is 0.494 e. The summed E-state index contributed by atoms with van der Waals surface area (Å²) in [5.74, 6) is 0.489. The number of ether oxygens (including phenoxy) is 2. The van der Waals surface area contributed by atoms with Gasteiger partial charge in [0.1, 0.15) is 18.0 Å². The molecular weight excluding hydrogens is 483 g/mol. The lowest BCUT2D eigenvalue weighted by Crippen LogP contribution is -2.61. The minimum atomic E-state index is -0.552. The van der Waals surface area contributed by atoms with Crippen LogP contribution < -0.4 is 15.5 Å². The Morgan fingerprint density at radius 2 is 1.66 bits per heavy atom. The molecule has 204 valence electrons. The lowest BCUT2D eigenvalue weighted by Gasteiger charge is -2.40. The van der Waals surface area contributed by atoms with Crippen molar-refractivity contribution in [1.29, 1.82) is 0 Å². The molecule has 1 N–H and O–H groups in total. The van der Waals surface area contributed by atoms with Crippen LogP contribution >= 0.6 is 0 Å². The van der Waals surface area contributed by atoms with Crippen LogP contribution in [0.4, 0.5) is 4.79 Å². The van der Waals surface area contributed by atoms with E-state index in [1.807, 2.05) is 97.0 Å². The van der Waals surface area contributed by atoms with Gasteiger partial charge >= 0.3 is 13.2 Å². The molecule has 0 spiro atoms. The van der Waals surface area contributed by atoms with Crippen LogP contribution in [0.15, 0.2) is 48.5 Å². The molecule has 2 heterocycles. The minimum Gasteiger partial charge on any atom is -0.489 e. The van der Waals surface area contributed by atoms with E-state index in [4.69, 9.17) is 18.8 Å². The molecule has 9 heteroatoms. The molecule has 2 aromatic carbocycles. The number of nitrogens with one attached hydrogen (secondary N) is 1. The molecule has 2 fully saturated rings. The molecule has 2 aliphatic heterocycles. The van der Waals surface area contributed by atoms with Gasteiger partial charge in [0.05, 0.1) is 23.7 Å². The second-order valence-electron chi connectivity index (χ2n) is 12.1. The standard InChI is InChI=1S/C29H39BN2O6/c1-27(2,3)36-26(34)32-17-23(18-32)31-25(33)16-21-15-22(30-37-28(4,5)29(6,7)38-30)13-14-24(21)35-19-20-11-9-8-10-12-20/h8-15,23H,16-19H2,1-7H3,(H,31,33). The first-order valence-electron chi connectivity index (χ1n) is 13.1. The van der Waals surface area contributed by atoms with Crippen molar-refractivity contribution < 1.29 is 28.4 Å². The molecule has 0 atom stereocenters. The summed E-state index contributed by atoms with van der Waals surface area (Å²) in [6, 6.07) is 15.5. The number of amides is 2. The highest BCUT2D eigenvalue weighted by atomic mass is 16.7. The smallest absolute Gasteiger partial charge is 0.489 e. The maximum Gasteiger partial charge on any atom is 0.494 e. The first-order chi connectivity index (χ1) is 17.7. The molecule has 0 saturated carbocycles. The fraction of sp³-hybridized carbons (Fsp3) is 0.517. The van der Waals surface area contributed by atoms with Crippen LogP contribution in [0, 0.1) is 0 Å². The number of nitrogens with zero attached hydrogens (tertiary/aromatic N) is 1. The molecule has 4 rings (SSSR count). The average Bonchev–Trinajstić information content (AvgIpc) is 3.01. The fourth-order valence-corrected chi connectivity index (χ4v) is 4.24. The summed E-state index contributed by atoms with van der Waals surface area (Å²) >= 11 is 0. The summed E-state index contributed by atoms with van der Waals surface area (Å²) in [5, 5.41) is 3.02. The molecule has 0 unspecified atom stereocenters. The molecular formula is C29H39BN2O6. The molecule has 0 radical (unpaired) electrons. The Hall–Kier alpha value is -3.04. The maximum absolute atomic E-state index is 13.0. The zero-order valence-corrected chi connectivity index (χ0v) is 23.5. The Morgan fingerprint density at radius 1 is 1.03 bits per heavy atom. The van der Waals surface area contributed by atoms with Crippen LogP contribution in [-0.2, 0) is 31.9 Å². The molecule has 0 bridgehead atoms. The van der Waals surface area contributed by atoms with Gasteiger partial charge in [-0.1, -0.05) is 42.5 Å². The van der Waals surface area contributed by atoms with Gasteiger partial charge in [0.15, 0.2) is 0 Å². The van der Waals surface area contributed by atoms with Gasteiger partial charge in [-0.25, -0.2) is 4.79 Å². The molecule has 2 amide bonds. The van der Waals surface area contributed by atoms with Crippen molar-refractivity contribution in [3.05, 3.63) is 59.7 Å². The van der Waals surface area contributed by atoms with Gasteiger partial charge in [-0.15, -0.1) is 0 Å². The van der Waals surface area contributed by atoms with Gasteiger partial charge in [0.25, 0.3) is 0 Å². The minimum absolute atomic E-state index is 0.116. The zero-order chi connectivity index (χ0) is 27.7. The van der Waals surface area contributed by atoms with Gasteiger partial charge in [-0.3, -0.25) is 4.79 Å². The predicted octanol–water partition coefficient (Wildman–Crippen LogP) is 3.84. The van der Waals surface area contributed by atoms with E-state index in [-0.39, 0.29) is 24.5 Å². The van der Waals surface area contributed by atoms with Crippen LogP contribution in [0.25, 0.3) is 0 Å². The van der Waals surface area contributed by atoms with Crippen molar-refractivity contribution in [2.24, 2.45) is 0 Å². The van der Waals surface area contributed by atoms with E-state index in [9.17, 15) is 9.59 Å². The maximum atomic E-state index is 13.0. The Kier molecular flexibility index (Phi) is 7.82. The second kappa shape index (κ2) is 10.6. The number of carbonyl (C=O) groups is 2. The summed E-state index contributed by atoms with van der Waals surface area (Å²) in [6.45, 7) is 14.8. The summed E-state index contributed by atoms with van der Waals surface area (Å²) < 4.78 is 24.0. The Labute approximate surface area is 226 Å². The van der Waals surface area contributed by atoms with Gasteiger partial charge in [0, 0.05) is 18.7 Å². The third-order valence-electron chi connectivity index (χ3n) is 7.10. The van der Waals surface area contributed by atoms with Gasteiger partial charge in [-0.05, 0) is 65.6 Å². The first kappa shape index (κ1) is 28.0. The number of rotatable bonds is 7. The number of carbonyl (C=O) groups excluding carboxylic acids is 2. The van der Waals surface area contributed by atoms with Crippen LogP contribution in [0.5, 0.6) is 5.75 Å². The summed E-state index contributed by atoms with van der Waals surface area (Å²) in [5.41, 5.74) is 1.12. The average molecular weight is 522 g/mol. The zero-order valence-electron chi connectivity index (χ0n) is 23.5. The number of benzene rings is 2. The van der Waals surface area contributed by atoms with E-state index in [1.54, 1.807) is 4.90 Å². The Morgan fingerprint density at radius 3 is 2.26 bits per heavy atom. The normalized spacial score (nSPS) is 18.6. The second-order valence-corrected chi connectivity index (χ2v) is 12.1. The van der Waals surface area contributed by atoms with Crippen molar-refractivity contribution in [3.8, 4) is 5.75 Å². The summed E-state index contributed by atoms with van der Waals surface area (Å²) in [7, 11) is -0.543. The van der Waals surface area contributed by atoms with Crippen LogP contribution in [0.3, 0.4) is 0 Å². The third kappa shape index (κ3) is 6.69. The molecule has 2 aromatic rings. The summed E-state index contributed by atoms with van der Waals surface area (Å²) in [4.78, 5) is 26.8. The molecule has 2 aliphatic rings. The molecule has 0 aromatic heterocycles. The number of likely N-dealkylation sites (tertiary alicyclic amines) is 1. The van der Waals surface area contributed by atoms with E-state index < -0.39 is 23.9 Å². The van der Waals surface area contributed by atoms with E-state index in [2.05, 4.69) is 5.32 Å². The highest BCUT2D eigenvalue weighted by Gasteiger charge is 2.51. The van der Waals surface area contributed by atoms with E-state index in [0.29, 0.717) is 25.4 Å². The van der Waals surface area contributed by atoms with E-state index in [1.165, 1.54) is 0 Å². The fourth-order valence-electron chi connectivity index (χ4n) is 4.24. The van der Waals surface area contributed by atoms with E-state index in [0.717, 1.165) is 16.6 Å². The van der Waals surface area contributed by atoms with Crippen LogP contribution in [0.2, 0.25) is 0 Å². The number of hydrogen-bond acceptors (Lipinski definition) is 6. The first-order valence-corrected chi connectivity index (χ1v) is 13.1. The van der Waals surface area contributed by atoms with Crippen molar-refractivity contribution in [2.45, 2.75) is 84.3 Å². The van der Waals surface area contributed by atoms with Crippen molar-refractivity contribution in [2.75, 3.05) is 13.1 Å². The van der Waals surface area contributed by atoms with Crippen molar-refractivity contribution in [1.82, 2.24) is 10.2 Å². The molecule has 0 aliphatic carbocycles. The number of hydrogen-bond donors (Lipinski definition) is 1. The van der Waals surface area contributed by atoms with Crippen LogP contribution in [0.1, 0.15) is 59.6 Å². The Bertz CT molecular complexity index is 1140. The third-order valence-corrected chi connectivity index (χ3v) is 7.10. The van der Waals surface area contributed by atoms with Crippen molar-refractivity contribution in [3.63, 3.8) is 0 Å². The monoisotopic (exact) mass is 522 g/mol. The van der Waals surface area contributed by atoms with Crippen LogP contribution in [-0.4, -0.2) is 60.0 Å². The van der Waals surface area contributed by atoms with Gasteiger partial charge < -0.3 is 29.0 Å². The lowest BCUT2D eigenvalue weighted by molar-refractivity contribution is -0.122. The predicted molar refractivity (Wildman–Crippen MR) is 146 cm³/mol. The molecule has 8 nitrogen and oxygen atoms in total. The SMILES string of the molecule is CC(C)(C)OC(=O)N1CC(NC(=O)Cc2cc(B3OC(C)(C)C(C)(C)O3)ccc2OCc2ccccc2)C1. The Balaban J connectivity index is 1.44. The molecule has 2 saturated heterocycles. The van der Waals surface area contributed by atoms with Gasteiger partial charge in [-0.2, -0.15) is 0 Å². The highest BCUT2D eigenvalue weighted by molar-refractivity contribution is 6.62. The van der Waals surface area contributed by atoms with Gasteiger partial charge in [0.2, 0.25) is 5.91 Å². The topological polar surface area (TPSA) is 86.3 Å².